The maximum atomic E-state index is 6.32. The van der Waals surface area contributed by atoms with Crippen LogP contribution < -0.4 is 5.73 Å². The van der Waals surface area contributed by atoms with E-state index in [0.717, 1.165) is 33.7 Å². The molecule has 0 aliphatic rings. The van der Waals surface area contributed by atoms with Gasteiger partial charge in [-0.05, 0) is 32.9 Å². The molecule has 20 heavy (non-hydrogen) atoms. The Morgan fingerprint density at radius 2 is 1.85 bits per heavy atom. The third-order valence-corrected chi connectivity index (χ3v) is 3.62. The minimum absolute atomic E-state index is 0.392. The second kappa shape index (κ2) is 4.72. The van der Waals surface area contributed by atoms with Crippen LogP contribution >= 0.6 is 0 Å². The molecule has 0 bridgehead atoms. The molecule has 1 aromatic carbocycles. The summed E-state index contributed by atoms with van der Waals surface area (Å²) in [4.78, 5) is 8.58. The Labute approximate surface area is 117 Å². The van der Waals surface area contributed by atoms with Crippen molar-refractivity contribution in [3.05, 3.63) is 58.9 Å². The largest absolute Gasteiger partial charge is 0.459 e. The van der Waals surface area contributed by atoms with E-state index in [-0.39, 0.29) is 0 Å². The van der Waals surface area contributed by atoms with Gasteiger partial charge in [0.05, 0.1) is 11.4 Å². The number of nitrogens with two attached hydrogens (primary N) is 1. The predicted octanol–water partition coefficient (Wildman–Crippen LogP) is 3.20. The van der Waals surface area contributed by atoms with E-state index in [0.29, 0.717) is 0 Å². The van der Waals surface area contributed by atoms with E-state index in [1.807, 2.05) is 26.0 Å². The minimum atomic E-state index is -0.392. The summed E-state index contributed by atoms with van der Waals surface area (Å²) in [6, 6.07) is 5.75. The summed E-state index contributed by atoms with van der Waals surface area (Å²) in [7, 11) is 0. The summed E-state index contributed by atoms with van der Waals surface area (Å²) in [6.07, 6.45) is 3.32. The summed E-state index contributed by atoms with van der Waals surface area (Å²) in [5.74, 6) is 0.759. The molecule has 0 aliphatic heterocycles. The number of rotatable bonds is 2. The van der Waals surface area contributed by atoms with Crippen molar-refractivity contribution >= 4 is 11.0 Å². The van der Waals surface area contributed by atoms with Gasteiger partial charge >= 0.3 is 0 Å². The molecule has 1 atom stereocenters. The van der Waals surface area contributed by atoms with Crippen LogP contribution in [0.25, 0.3) is 11.0 Å². The van der Waals surface area contributed by atoms with E-state index in [1.165, 1.54) is 5.56 Å². The lowest BCUT2D eigenvalue weighted by atomic mass is 10.0. The maximum Gasteiger partial charge on any atom is 0.134 e. The van der Waals surface area contributed by atoms with E-state index >= 15 is 0 Å². The number of aromatic nitrogens is 2. The van der Waals surface area contributed by atoms with Crippen molar-refractivity contribution in [3.8, 4) is 0 Å². The van der Waals surface area contributed by atoms with Gasteiger partial charge in [-0.15, -0.1) is 0 Å². The van der Waals surface area contributed by atoms with Gasteiger partial charge in [0.25, 0.3) is 0 Å². The van der Waals surface area contributed by atoms with Crippen molar-refractivity contribution < 1.29 is 4.42 Å². The molecule has 102 valence electrons. The minimum Gasteiger partial charge on any atom is -0.459 e. The zero-order valence-electron chi connectivity index (χ0n) is 11.8. The molecule has 2 N–H and O–H groups in total. The quantitative estimate of drug-likeness (QED) is 0.774. The molecular formula is C16H17N3O. The van der Waals surface area contributed by atoms with Gasteiger partial charge in [0.1, 0.15) is 17.4 Å². The van der Waals surface area contributed by atoms with Crippen molar-refractivity contribution in [2.75, 3.05) is 0 Å². The third kappa shape index (κ3) is 1.98. The average Bonchev–Trinajstić information content (AvgIpc) is 2.76. The van der Waals surface area contributed by atoms with Crippen LogP contribution in [-0.4, -0.2) is 9.97 Å². The number of furan rings is 1. The van der Waals surface area contributed by atoms with Crippen LogP contribution in [0.5, 0.6) is 0 Å². The molecule has 1 unspecified atom stereocenters. The Morgan fingerprint density at radius 3 is 2.60 bits per heavy atom. The average molecular weight is 267 g/mol. The van der Waals surface area contributed by atoms with Crippen molar-refractivity contribution in [2.24, 2.45) is 5.73 Å². The number of nitrogens with zero attached hydrogens (tertiary/aromatic N) is 2. The Balaban J connectivity index is 2.15. The Morgan fingerprint density at radius 1 is 1.10 bits per heavy atom. The summed E-state index contributed by atoms with van der Waals surface area (Å²) < 4.78 is 5.93. The first kappa shape index (κ1) is 12.8. The molecule has 4 nitrogen and oxygen atoms in total. The Kier molecular flexibility index (Phi) is 3.03. The highest BCUT2D eigenvalue weighted by Gasteiger charge is 2.21. The number of hydrogen-bond donors (Lipinski definition) is 1. The van der Waals surface area contributed by atoms with E-state index in [4.69, 9.17) is 10.2 Å². The molecule has 3 rings (SSSR count). The van der Waals surface area contributed by atoms with Gasteiger partial charge in [-0.1, -0.05) is 11.6 Å². The lowest BCUT2D eigenvalue weighted by Gasteiger charge is -2.11. The van der Waals surface area contributed by atoms with E-state index in [1.54, 1.807) is 12.4 Å². The number of fused-ring (bicyclic) bond motifs is 1. The molecule has 4 heteroatoms. The molecule has 0 radical (unpaired) electrons. The monoisotopic (exact) mass is 267 g/mol. The summed E-state index contributed by atoms with van der Waals surface area (Å²) in [5.41, 5.74) is 11.0. The van der Waals surface area contributed by atoms with Crippen LogP contribution in [0.15, 0.2) is 35.0 Å². The fourth-order valence-electron chi connectivity index (χ4n) is 2.50. The second-order valence-corrected chi connectivity index (χ2v) is 5.10. The first-order valence-electron chi connectivity index (χ1n) is 6.60. The third-order valence-electron chi connectivity index (χ3n) is 3.62. The van der Waals surface area contributed by atoms with Crippen LogP contribution in [0.1, 0.15) is 34.3 Å². The highest BCUT2D eigenvalue weighted by atomic mass is 16.3. The summed E-state index contributed by atoms with van der Waals surface area (Å²) in [6.45, 7) is 6.01. The van der Waals surface area contributed by atoms with Gasteiger partial charge in [0.15, 0.2) is 0 Å². The van der Waals surface area contributed by atoms with Crippen molar-refractivity contribution in [3.63, 3.8) is 0 Å². The van der Waals surface area contributed by atoms with Crippen molar-refractivity contribution in [1.29, 1.82) is 0 Å². The van der Waals surface area contributed by atoms with Crippen molar-refractivity contribution in [2.45, 2.75) is 26.8 Å². The van der Waals surface area contributed by atoms with Gasteiger partial charge in [-0.3, -0.25) is 9.97 Å². The molecule has 0 saturated carbocycles. The van der Waals surface area contributed by atoms with Crippen LogP contribution in [0.3, 0.4) is 0 Å². The van der Waals surface area contributed by atoms with Gasteiger partial charge in [-0.25, -0.2) is 0 Å². The van der Waals surface area contributed by atoms with Crippen LogP contribution in [0.4, 0.5) is 0 Å². The molecular weight excluding hydrogens is 250 g/mol. The molecule has 3 aromatic rings. The SMILES string of the molecule is Cc1ccc2oc(C(N)c3nccnc3C)c(C)c2c1. The number of benzene rings is 1. The molecule has 0 aliphatic carbocycles. The van der Waals surface area contributed by atoms with Crippen LogP contribution in [0, 0.1) is 20.8 Å². The fraction of sp³-hybridized carbons (Fsp3) is 0.250. The van der Waals surface area contributed by atoms with E-state index < -0.39 is 6.04 Å². The normalized spacial score (nSPS) is 12.8. The topological polar surface area (TPSA) is 64.9 Å². The van der Waals surface area contributed by atoms with Gasteiger partial charge < -0.3 is 10.2 Å². The smallest absolute Gasteiger partial charge is 0.134 e. The molecule has 0 amide bonds. The molecule has 0 spiro atoms. The second-order valence-electron chi connectivity index (χ2n) is 5.10. The lowest BCUT2D eigenvalue weighted by molar-refractivity contribution is 0.515. The van der Waals surface area contributed by atoms with Gasteiger partial charge in [0, 0.05) is 23.3 Å². The maximum absolute atomic E-state index is 6.32. The zero-order chi connectivity index (χ0) is 14.3. The Hall–Kier alpha value is -2.20. The first-order chi connectivity index (χ1) is 9.58. The van der Waals surface area contributed by atoms with Gasteiger partial charge in [-0.2, -0.15) is 0 Å². The summed E-state index contributed by atoms with van der Waals surface area (Å²) in [5, 5.41) is 1.11. The number of hydrogen-bond acceptors (Lipinski definition) is 4. The van der Waals surface area contributed by atoms with Crippen LogP contribution in [-0.2, 0) is 0 Å². The molecule has 0 saturated heterocycles. The van der Waals surface area contributed by atoms with Gasteiger partial charge in [0.2, 0.25) is 0 Å². The lowest BCUT2D eigenvalue weighted by Crippen LogP contribution is -2.15. The zero-order valence-corrected chi connectivity index (χ0v) is 11.8. The molecule has 2 aromatic heterocycles. The first-order valence-corrected chi connectivity index (χ1v) is 6.60. The van der Waals surface area contributed by atoms with E-state index in [2.05, 4.69) is 23.0 Å². The Bertz CT molecular complexity index is 776. The van der Waals surface area contributed by atoms with Crippen molar-refractivity contribution in [1.82, 2.24) is 9.97 Å². The highest BCUT2D eigenvalue weighted by Crippen LogP contribution is 2.31. The molecule has 2 heterocycles. The highest BCUT2D eigenvalue weighted by molar-refractivity contribution is 5.83. The van der Waals surface area contributed by atoms with E-state index in [9.17, 15) is 0 Å². The standard InChI is InChI=1S/C16H17N3O/c1-9-4-5-13-12(8-9)10(2)16(20-13)14(17)15-11(3)18-6-7-19-15/h4-8,14H,17H2,1-3H3. The summed E-state index contributed by atoms with van der Waals surface area (Å²) >= 11 is 0. The number of aryl methyl sites for hydroxylation is 3. The fourth-order valence-corrected chi connectivity index (χ4v) is 2.50. The van der Waals surface area contributed by atoms with Crippen LogP contribution in [0.2, 0.25) is 0 Å². The molecule has 0 fully saturated rings. The predicted molar refractivity (Wildman–Crippen MR) is 78.5 cm³/mol.